The Morgan fingerprint density at radius 3 is 2.23 bits per heavy atom. The van der Waals surface area contributed by atoms with Crippen LogP contribution in [0.25, 0.3) is 0 Å². The van der Waals surface area contributed by atoms with E-state index in [1.54, 1.807) is 12.1 Å². The van der Waals surface area contributed by atoms with Gasteiger partial charge in [0.2, 0.25) is 21.8 Å². The van der Waals surface area contributed by atoms with Crippen LogP contribution in [0.4, 0.5) is 5.69 Å². The maximum Gasteiger partial charge on any atom is 0.244 e. The van der Waals surface area contributed by atoms with E-state index in [1.807, 2.05) is 82.3 Å². The molecule has 0 radical (unpaired) electrons. The lowest BCUT2D eigenvalue weighted by molar-refractivity contribution is -0.140. The Morgan fingerprint density at radius 1 is 0.950 bits per heavy atom. The van der Waals surface area contributed by atoms with Crippen LogP contribution in [0.1, 0.15) is 42.5 Å². The number of nitrogens with one attached hydrogen (secondary N) is 1. The van der Waals surface area contributed by atoms with Crippen LogP contribution in [0, 0.1) is 13.8 Å². The van der Waals surface area contributed by atoms with Crippen molar-refractivity contribution in [1.82, 2.24) is 10.2 Å². The first-order chi connectivity index (χ1) is 18.9. The minimum absolute atomic E-state index is 0.0936. The molecule has 9 heteroatoms. The third-order valence-electron chi connectivity index (χ3n) is 6.83. The number of rotatable bonds is 12. The van der Waals surface area contributed by atoms with E-state index >= 15 is 0 Å². The summed E-state index contributed by atoms with van der Waals surface area (Å²) in [6, 6.07) is 21.1. The maximum absolute atomic E-state index is 14.1. The van der Waals surface area contributed by atoms with E-state index in [0.29, 0.717) is 5.02 Å². The molecule has 0 aromatic heterocycles. The lowest BCUT2D eigenvalue weighted by atomic mass is 10.0. The number of benzene rings is 3. The Hall–Kier alpha value is -3.36. The molecule has 0 heterocycles. The molecule has 3 aromatic rings. The van der Waals surface area contributed by atoms with Gasteiger partial charge in [0.25, 0.3) is 0 Å². The van der Waals surface area contributed by atoms with Gasteiger partial charge in [-0.15, -0.1) is 0 Å². The van der Waals surface area contributed by atoms with Gasteiger partial charge in [-0.05, 0) is 56.0 Å². The van der Waals surface area contributed by atoms with E-state index in [-0.39, 0.29) is 30.6 Å². The number of carbonyl (C=O) groups is 2. The first-order valence-electron chi connectivity index (χ1n) is 13.3. The first-order valence-corrected chi connectivity index (χ1v) is 15.5. The van der Waals surface area contributed by atoms with E-state index < -0.39 is 28.5 Å². The molecule has 0 aliphatic carbocycles. The molecule has 0 spiro atoms. The highest BCUT2D eigenvalue weighted by atomic mass is 35.5. The highest BCUT2D eigenvalue weighted by molar-refractivity contribution is 7.92. The molecule has 0 bridgehead atoms. The van der Waals surface area contributed by atoms with Crippen molar-refractivity contribution in [1.29, 1.82) is 0 Å². The third kappa shape index (κ3) is 8.57. The Labute approximate surface area is 243 Å². The Balaban J connectivity index is 2.07. The summed E-state index contributed by atoms with van der Waals surface area (Å²) in [6.07, 6.45) is 2.05. The monoisotopic (exact) mass is 583 g/mol. The van der Waals surface area contributed by atoms with Crippen LogP contribution in [-0.2, 0) is 32.6 Å². The largest absolute Gasteiger partial charge is 0.352 e. The predicted octanol–water partition coefficient (Wildman–Crippen LogP) is 5.28. The molecule has 0 aliphatic rings. The van der Waals surface area contributed by atoms with Crippen molar-refractivity contribution in [3.8, 4) is 0 Å². The average Bonchev–Trinajstić information content (AvgIpc) is 2.90. The summed E-state index contributed by atoms with van der Waals surface area (Å²) in [5.74, 6) is -0.785. The van der Waals surface area contributed by atoms with E-state index in [4.69, 9.17) is 11.6 Å². The molecule has 214 valence electrons. The molecular formula is C31H38ClN3O4S. The second-order valence-corrected chi connectivity index (χ2v) is 12.6. The molecule has 3 rings (SSSR count). The highest BCUT2D eigenvalue weighted by Gasteiger charge is 2.33. The topological polar surface area (TPSA) is 86.8 Å². The van der Waals surface area contributed by atoms with Gasteiger partial charge >= 0.3 is 0 Å². The van der Waals surface area contributed by atoms with Crippen LogP contribution in [0.15, 0.2) is 72.8 Å². The zero-order valence-corrected chi connectivity index (χ0v) is 25.3. The van der Waals surface area contributed by atoms with Gasteiger partial charge in [0, 0.05) is 24.0 Å². The summed E-state index contributed by atoms with van der Waals surface area (Å²) in [5, 5.41) is 3.42. The molecule has 0 aliphatic heterocycles. The number of nitrogens with zero attached hydrogens (tertiary/aromatic N) is 2. The second-order valence-electron chi connectivity index (χ2n) is 10.2. The van der Waals surface area contributed by atoms with Crippen LogP contribution in [-0.4, -0.2) is 50.0 Å². The van der Waals surface area contributed by atoms with Gasteiger partial charge in [-0.2, -0.15) is 0 Å². The zero-order valence-electron chi connectivity index (χ0n) is 23.7. The molecule has 0 fully saturated rings. The van der Waals surface area contributed by atoms with Crippen molar-refractivity contribution in [3.05, 3.63) is 100 Å². The molecule has 2 atom stereocenters. The maximum atomic E-state index is 14.1. The molecule has 1 N–H and O–H groups in total. The number of anilines is 1. The first kappa shape index (κ1) is 31.2. The summed E-state index contributed by atoms with van der Waals surface area (Å²) in [7, 11) is -3.86. The minimum atomic E-state index is -3.86. The number of hydrogen-bond donors (Lipinski definition) is 1. The summed E-state index contributed by atoms with van der Waals surface area (Å²) < 4.78 is 26.8. The second kappa shape index (κ2) is 13.8. The molecule has 0 saturated heterocycles. The Morgan fingerprint density at radius 2 is 1.62 bits per heavy atom. The SMILES string of the molecule is CC[C@H](C)NC(=O)[C@@H](Cc1ccccc1)N(Cc1cccc(C)c1)C(=O)CN(c1ccc(C)c(Cl)c1)S(C)(=O)=O. The zero-order chi connectivity index (χ0) is 29.4. The molecule has 3 aromatic carbocycles. The standard InChI is InChI=1S/C31H38ClN3O4S/c1-6-24(4)33-31(37)29(18-25-12-8-7-9-13-25)34(20-26-14-10-11-22(2)17-26)30(36)21-35(40(5,38)39)27-16-15-23(3)28(32)19-27/h7-17,19,24,29H,6,18,20-21H2,1-5H3,(H,33,37)/t24-,29+/m0/s1. The van der Waals surface area contributed by atoms with Gasteiger partial charge in [-0.25, -0.2) is 8.42 Å². The molecular weight excluding hydrogens is 546 g/mol. The summed E-state index contributed by atoms with van der Waals surface area (Å²) in [5.41, 5.74) is 3.81. The fraction of sp³-hybridized carbons (Fsp3) is 0.355. The molecule has 0 unspecified atom stereocenters. The van der Waals surface area contributed by atoms with Gasteiger partial charge < -0.3 is 10.2 Å². The fourth-order valence-electron chi connectivity index (χ4n) is 4.35. The van der Waals surface area contributed by atoms with E-state index in [2.05, 4.69) is 5.32 Å². The van der Waals surface area contributed by atoms with Crippen molar-refractivity contribution in [2.24, 2.45) is 0 Å². The third-order valence-corrected chi connectivity index (χ3v) is 8.38. The lowest BCUT2D eigenvalue weighted by Crippen LogP contribution is -2.54. The van der Waals surface area contributed by atoms with Crippen LogP contribution in [0.2, 0.25) is 5.02 Å². The number of halogens is 1. The molecule has 40 heavy (non-hydrogen) atoms. The van der Waals surface area contributed by atoms with Crippen molar-refractivity contribution in [2.75, 3.05) is 17.1 Å². The van der Waals surface area contributed by atoms with Gasteiger partial charge in [-0.1, -0.05) is 84.8 Å². The van der Waals surface area contributed by atoms with Crippen LogP contribution < -0.4 is 9.62 Å². The van der Waals surface area contributed by atoms with Crippen molar-refractivity contribution in [2.45, 2.75) is 59.2 Å². The lowest BCUT2D eigenvalue weighted by Gasteiger charge is -2.34. The van der Waals surface area contributed by atoms with Crippen molar-refractivity contribution < 1.29 is 18.0 Å². The number of carbonyl (C=O) groups excluding carboxylic acids is 2. The Kier molecular flexibility index (Phi) is 10.8. The smallest absolute Gasteiger partial charge is 0.244 e. The predicted molar refractivity (Wildman–Crippen MR) is 162 cm³/mol. The molecule has 7 nitrogen and oxygen atoms in total. The van der Waals surface area contributed by atoms with Crippen LogP contribution in [0.5, 0.6) is 0 Å². The highest BCUT2D eigenvalue weighted by Crippen LogP contribution is 2.26. The van der Waals surface area contributed by atoms with E-state index in [1.165, 1.54) is 11.0 Å². The number of amides is 2. The van der Waals surface area contributed by atoms with E-state index in [9.17, 15) is 18.0 Å². The summed E-state index contributed by atoms with van der Waals surface area (Å²) >= 11 is 6.30. The van der Waals surface area contributed by atoms with Gasteiger partial charge in [-0.3, -0.25) is 13.9 Å². The van der Waals surface area contributed by atoms with Crippen LogP contribution in [0.3, 0.4) is 0 Å². The fourth-order valence-corrected chi connectivity index (χ4v) is 5.37. The number of hydrogen-bond acceptors (Lipinski definition) is 4. The number of aryl methyl sites for hydroxylation is 2. The van der Waals surface area contributed by atoms with Gasteiger partial charge in [0.05, 0.1) is 11.9 Å². The van der Waals surface area contributed by atoms with Crippen molar-refractivity contribution >= 4 is 39.1 Å². The minimum Gasteiger partial charge on any atom is -0.352 e. The average molecular weight is 584 g/mol. The van der Waals surface area contributed by atoms with E-state index in [0.717, 1.165) is 39.2 Å². The molecule has 2 amide bonds. The molecule has 0 saturated carbocycles. The summed E-state index contributed by atoms with van der Waals surface area (Å²) in [4.78, 5) is 29.3. The number of sulfonamides is 1. The Bertz CT molecular complexity index is 1430. The van der Waals surface area contributed by atoms with Crippen molar-refractivity contribution in [3.63, 3.8) is 0 Å². The van der Waals surface area contributed by atoms with Gasteiger partial charge in [0.1, 0.15) is 12.6 Å². The van der Waals surface area contributed by atoms with Crippen LogP contribution >= 0.6 is 11.6 Å². The van der Waals surface area contributed by atoms with Gasteiger partial charge in [0.15, 0.2) is 0 Å². The quantitative estimate of drug-likeness (QED) is 0.314. The summed E-state index contributed by atoms with van der Waals surface area (Å²) in [6.45, 7) is 7.32. The normalized spacial score (nSPS) is 12.8.